The SMILES string of the molecule is CCCCC(CCCC)OC(=O)C(OC)C(OC)C(=O)OC(CCCC)CCCC. The third kappa shape index (κ3) is 11.9. The minimum atomic E-state index is -1.13. The highest BCUT2D eigenvalue weighted by Gasteiger charge is 2.38. The molecule has 0 heterocycles. The molecule has 0 aliphatic rings. The number of hydrogen-bond donors (Lipinski definition) is 0. The summed E-state index contributed by atoms with van der Waals surface area (Å²) in [6.07, 6.45) is 8.80. The third-order valence-corrected chi connectivity index (χ3v) is 5.33. The van der Waals surface area contributed by atoms with Crippen molar-refractivity contribution in [3.05, 3.63) is 0 Å². The Bertz CT molecular complexity index is 383. The van der Waals surface area contributed by atoms with E-state index in [1.807, 2.05) is 0 Å². The summed E-state index contributed by atoms with van der Waals surface area (Å²) in [5, 5.41) is 0. The van der Waals surface area contributed by atoms with Gasteiger partial charge in [-0.2, -0.15) is 0 Å². The van der Waals surface area contributed by atoms with Crippen molar-refractivity contribution in [1.29, 1.82) is 0 Å². The van der Waals surface area contributed by atoms with E-state index in [9.17, 15) is 9.59 Å². The quantitative estimate of drug-likeness (QED) is 0.248. The number of methoxy groups -OCH3 is 2. The zero-order valence-electron chi connectivity index (χ0n) is 20.2. The average molecular weight is 431 g/mol. The van der Waals surface area contributed by atoms with Crippen molar-refractivity contribution >= 4 is 11.9 Å². The first-order valence-corrected chi connectivity index (χ1v) is 11.9. The molecule has 0 rings (SSSR count). The largest absolute Gasteiger partial charge is 0.460 e. The monoisotopic (exact) mass is 430 g/mol. The molecule has 0 fully saturated rings. The van der Waals surface area contributed by atoms with Gasteiger partial charge in [-0.05, 0) is 25.7 Å². The van der Waals surface area contributed by atoms with Crippen LogP contribution >= 0.6 is 0 Å². The Hall–Kier alpha value is -1.14. The number of carbonyl (C=O) groups is 2. The molecule has 0 N–H and O–H groups in total. The van der Waals surface area contributed by atoms with E-state index in [0.717, 1.165) is 77.0 Å². The van der Waals surface area contributed by atoms with Crippen LogP contribution in [0.4, 0.5) is 0 Å². The number of unbranched alkanes of at least 4 members (excludes halogenated alkanes) is 4. The molecule has 30 heavy (non-hydrogen) atoms. The molecule has 0 bridgehead atoms. The first-order chi connectivity index (χ1) is 14.5. The lowest BCUT2D eigenvalue weighted by Gasteiger charge is -2.27. The molecule has 0 aliphatic heterocycles. The van der Waals surface area contributed by atoms with Crippen LogP contribution in [0.5, 0.6) is 0 Å². The maximum Gasteiger partial charge on any atom is 0.338 e. The van der Waals surface area contributed by atoms with E-state index in [2.05, 4.69) is 27.7 Å². The van der Waals surface area contributed by atoms with Crippen molar-refractivity contribution in [3.8, 4) is 0 Å². The zero-order valence-corrected chi connectivity index (χ0v) is 20.2. The van der Waals surface area contributed by atoms with Gasteiger partial charge in [0.15, 0.2) is 12.2 Å². The molecular formula is C24H46O6. The van der Waals surface area contributed by atoms with Crippen LogP contribution in [0.3, 0.4) is 0 Å². The van der Waals surface area contributed by atoms with E-state index < -0.39 is 24.1 Å². The van der Waals surface area contributed by atoms with Gasteiger partial charge in [-0.15, -0.1) is 0 Å². The topological polar surface area (TPSA) is 71.1 Å². The summed E-state index contributed by atoms with van der Waals surface area (Å²) >= 11 is 0. The smallest absolute Gasteiger partial charge is 0.338 e. The summed E-state index contributed by atoms with van der Waals surface area (Å²) in [5.41, 5.74) is 0. The fourth-order valence-electron chi connectivity index (χ4n) is 3.40. The van der Waals surface area contributed by atoms with Crippen LogP contribution in [0.1, 0.15) is 105 Å². The van der Waals surface area contributed by atoms with E-state index >= 15 is 0 Å². The molecule has 0 aromatic heterocycles. The van der Waals surface area contributed by atoms with Crippen molar-refractivity contribution in [2.75, 3.05) is 14.2 Å². The van der Waals surface area contributed by atoms with Gasteiger partial charge in [0.2, 0.25) is 0 Å². The standard InChI is InChI=1S/C24H46O6/c1-7-11-15-19(16-12-8-2)29-23(25)21(27-5)22(28-6)24(26)30-20(17-13-9-3)18-14-10-4/h19-22H,7-18H2,1-6H3. The number of rotatable bonds is 19. The van der Waals surface area contributed by atoms with E-state index in [1.165, 1.54) is 14.2 Å². The number of hydrogen-bond acceptors (Lipinski definition) is 6. The molecule has 6 heteroatoms. The lowest BCUT2D eigenvalue weighted by atomic mass is 10.1. The molecule has 0 aliphatic carbocycles. The summed E-state index contributed by atoms with van der Waals surface area (Å²) in [5.74, 6) is -1.12. The lowest BCUT2D eigenvalue weighted by Crippen LogP contribution is -2.46. The third-order valence-electron chi connectivity index (χ3n) is 5.33. The number of esters is 2. The van der Waals surface area contributed by atoms with Crippen LogP contribution in [-0.2, 0) is 28.5 Å². The van der Waals surface area contributed by atoms with E-state index in [1.54, 1.807) is 0 Å². The Labute approximate surface area is 184 Å². The molecular weight excluding hydrogens is 384 g/mol. The van der Waals surface area contributed by atoms with Crippen molar-refractivity contribution < 1.29 is 28.5 Å². The Morgan fingerprint density at radius 1 is 0.567 bits per heavy atom. The van der Waals surface area contributed by atoms with Gasteiger partial charge < -0.3 is 18.9 Å². The normalized spacial score (nSPS) is 13.5. The summed E-state index contributed by atoms with van der Waals surface area (Å²) in [4.78, 5) is 25.6. The van der Waals surface area contributed by atoms with Crippen molar-refractivity contribution in [3.63, 3.8) is 0 Å². The maximum absolute atomic E-state index is 12.8. The van der Waals surface area contributed by atoms with Gasteiger partial charge in [0.1, 0.15) is 12.2 Å². The zero-order chi connectivity index (χ0) is 22.8. The summed E-state index contributed by atoms with van der Waals surface area (Å²) in [6, 6.07) is 0. The van der Waals surface area contributed by atoms with E-state index in [-0.39, 0.29) is 12.2 Å². The van der Waals surface area contributed by atoms with Crippen LogP contribution in [0.15, 0.2) is 0 Å². The molecule has 0 aromatic carbocycles. The van der Waals surface area contributed by atoms with Crippen LogP contribution < -0.4 is 0 Å². The Morgan fingerprint density at radius 3 is 1.03 bits per heavy atom. The van der Waals surface area contributed by atoms with Gasteiger partial charge in [0.05, 0.1) is 0 Å². The molecule has 0 amide bonds. The van der Waals surface area contributed by atoms with Gasteiger partial charge in [0, 0.05) is 14.2 Å². The second kappa shape index (κ2) is 18.6. The molecule has 0 saturated carbocycles. The number of carbonyl (C=O) groups excluding carboxylic acids is 2. The fraction of sp³-hybridized carbons (Fsp3) is 0.917. The molecule has 2 unspecified atom stereocenters. The highest BCUT2D eigenvalue weighted by Crippen LogP contribution is 2.18. The predicted molar refractivity (Wildman–Crippen MR) is 119 cm³/mol. The van der Waals surface area contributed by atoms with Crippen LogP contribution in [0.2, 0.25) is 0 Å². The van der Waals surface area contributed by atoms with Gasteiger partial charge >= 0.3 is 11.9 Å². The summed E-state index contributed by atoms with van der Waals surface area (Å²) in [7, 11) is 2.79. The van der Waals surface area contributed by atoms with Gasteiger partial charge in [0.25, 0.3) is 0 Å². The predicted octanol–water partition coefficient (Wildman–Crippen LogP) is 5.60. The maximum atomic E-state index is 12.8. The van der Waals surface area contributed by atoms with Crippen LogP contribution in [0, 0.1) is 0 Å². The lowest BCUT2D eigenvalue weighted by molar-refractivity contribution is -0.185. The van der Waals surface area contributed by atoms with E-state index in [4.69, 9.17) is 18.9 Å². The molecule has 2 atom stereocenters. The molecule has 0 saturated heterocycles. The minimum absolute atomic E-state index is 0.162. The first kappa shape index (κ1) is 28.9. The average Bonchev–Trinajstić information content (AvgIpc) is 2.75. The highest BCUT2D eigenvalue weighted by molar-refractivity contribution is 5.85. The molecule has 0 aromatic rings. The van der Waals surface area contributed by atoms with Crippen LogP contribution in [-0.4, -0.2) is 50.6 Å². The first-order valence-electron chi connectivity index (χ1n) is 11.9. The Balaban J connectivity index is 5.10. The number of ether oxygens (including phenoxy) is 4. The van der Waals surface area contributed by atoms with Crippen molar-refractivity contribution in [2.45, 2.75) is 129 Å². The van der Waals surface area contributed by atoms with E-state index in [0.29, 0.717) is 0 Å². The highest BCUT2D eigenvalue weighted by atomic mass is 16.6. The fourth-order valence-corrected chi connectivity index (χ4v) is 3.40. The molecule has 178 valence electrons. The molecule has 0 radical (unpaired) electrons. The van der Waals surface area contributed by atoms with Crippen LogP contribution in [0.25, 0.3) is 0 Å². The van der Waals surface area contributed by atoms with Crippen molar-refractivity contribution in [2.24, 2.45) is 0 Å². The minimum Gasteiger partial charge on any atom is -0.460 e. The summed E-state index contributed by atoms with van der Waals surface area (Å²) in [6.45, 7) is 8.45. The Kier molecular flexibility index (Phi) is 17.9. The Morgan fingerprint density at radius 2 is 0.833 bits per heavy atom. The summed E-state index contributed by atoms with van der Waals surface area (Å²) < 4.78 is 22.1. The van der Waals surface area contributed by atoms with Gasteiger partial charge in [-0.3, -0.25) is 0 Å². The second-order valence-electron chi connectivity index (χ2n) is 8.00. The van der Waals surface area contributed by atoms with Gasteiger partial charge in [-0.25, -0.2) is 9.59 Å². The van der Waals surface area contributed by atoms with Crippen molar-refractivity contribution in [1.82, 2.24) is 0 Å². The second-order valence-corrected chi connectivity index (χ2v) is 8.00. The molecule has 0 spiro atoms. The van der Waals surface area contributed by atoms with Gasteiger partial charge in [-0.1, -0.05) is 79.1 Å². The molecule has 6 nitrogen and oxygen atoms in total.